The van der Waals surface area contributed by atoms with Gasteiger partial charge in [0.2, 0.25) is 11.1 Å². The first-order valence-electron chi connectivity index (χ1n) is 9.28. The third-order valence-corrected chi connectivity index (χ3v) is 8.29. The predicted molar refractivity (Wildman–Crippen MR) is 115 cm³/mol. The summed E-state index contributed by atoms with van der Waals surface area (Å²) in [4.78, 5) is 49.1. The molecule has 4 N–H and O–H groups in total. The van der Waals surface area contributed by atoms with Crippen LogP contribution in [0.15, 0.2) is 16.4 Å². The van der Waals surface area contributed by atoms with E-state index < -0.39 is 40.9 Å². The Hall–Kier alpha value is -1.34. The van der Waals surface area contributed by atoms with Gasteiger partial charge >= 0.3 is 35.5 Å². The number of aliphatic carboxylic acids is 2. The molecule has 2 aliphatic rings. The molecule has 0 spiro atoms. The van der Waals surface area contributed by atoms with Gasteiger partial charge < -0.3 is 30.8 Å². The maximum absolute atomic E-state index is 13.0. The summed E-state index contributed by atoms with van der Waals surface area (Å²) in [7, 11) is 2.88. The Balaban J connectivity index is 0.00000408. The van der Waals surface area contributed by atoms with Crippen molar-refractivity contribution in [3.05, 3.63) is 11.3 Å². The number of nitrogens with two attached hydrogens (primary N) is 1. The Morgan fingerprint density at radius 2 is 2.18 bits per heavy atom. The van der Waals surface area contributed by atoms with Gasteiger partial charge in [-0.25, -0.2) is 4.68 Å². The van der Waals surface area contributed by atoms with E-state index in [1.54, 1.807) is 7.05 Å². The van der Waals surface area contributed by atoms with Gasteiger partial charge in [0.25, 0.3) is 11.6 Å². The fourth-order valence-corrected chi connectivity index (χ4v) is 6.33. The molecular formula is C16H20N7NaO7S3. The van der Waals surface area contributed by atoms with Crippen LogP contribution in [0.2, 0.25) is 0 Å². The number of carboxylic acid groups (broad SMARTS) is 2. The standard InChI is InChI=1S/C16H21N7O7S3.Na/c1-22-15(19-20-21-22)33-4-7-3-32-14-16(30-2,13(29)23(14)10(7)12(27)28)18-9(24)6-31-5-8(17)11(25)26;/h8,14H,3-6,17H2,1-2H3,(H,18,24)(H,25,26)(H,27,28);/q;+1/p-1. The minimum Gasteiger partial charge on any atom is -0.543 e. The topological polar surface area (TPSA) is 206 Å². The number of carboxylic acids is 2. The van der Waals surface area contributed by atoms with Gasteiger partial charge in [-0.2, -0.15) is 0 Å². The van der Waals surface area contributed by atoms with E-state index in [9.17, 15) is 24.3 Å². The summed E-state index contributed by atoms with van der Waals surface area (Å²) in [5.41, 5.74) is 3.84. The van der Waals surface area contributed by atoms with E-state index in [0.717, 1.165) is 16.7 Å². The summed E-state index contributed by atoms with van der Waals surface area (Å²) in [6.07, 6.45) is 0. The first-order valence-corrected chi connectivity index (χ1v) is 12.5. The summed E-state index contributed by atoms with van der Waals surface area (Å²) in [5.74, 6) is -3.73. The molecule has 3 unspecified atom stereocenters. The second-order valence-electron chi connectivity index (χ2n) is 6.90. The monoisotopic (exact) mass is 541 g/mol. The third-order valence-electron chi connectivity index (χ3n) is 4.75. The van der Waals surface area contributed by atoms with Crippen LogP contribution in [-0.4, -0.2) is 101 Å². The predicted octanol–water partition coefficient (Wildman–Crippen LogP) is -6.17. The number of methoxy groups -OCH3 is 1. The molecule has 0 aliphatic carbocycles. The number of hydrogen-bond donors (Lipinski definition) is 3. The van der Waals surface area contributed by atoms with Crippen molar-refractivity contribution in [2.75, 3.05) is 30.1 Å². The van der Waals surface area contributed by atoms with Gasteiger partial charge in [-0.15, -0.1) is 28.6 Å². The number of fused-ring (bicyclic) bond motifs is 1. The smallest absolute Gasteiger partial charge is 0.543 e. The SMILES string of the molecule is COC1(NC(=O)CSCC(N)C(=O)O)C(=O)N2C(C(=O)[O-])=C(CSc3nnnn3C)CSC21.[Na+]. The van der Waals surface area contributed by atoms with Crippen LogP contribution in [-0.2, 0) is 31.0 Å². The summed E-state index contributed by atoms with van der Waals surface area (Å²) >= 11 is 3.43. The van der Waals surface area contributed by atoms with Crippen LogP contribution in [0, 0.1) is 0 Å². The summed E-state index contributed by atoms with van der Waals surface area (Å²) in [6.45, 7) is 0. The van der Waals surface area contributed by atoms with Crippen molar-refractivity contribution >= 4 is 59.0 Å². The number of carbonyl (C=O) groups is 4. The van der Waals surface area contributed by atoms with Crippen molar-refractivity contribution in [3.8, 4) is 0 Å². The van der Waals surface area contributed by atoms with E-state index in [-0.39, 0.29) is 58.3 Å². The number of β-lactam (4-membered cyclic amide) rings is 1. The second-order valence-corrected chi connectivity index (χ2v) is 9.94. The molecule has 0 radical (unpaired) electrons. The largest absolute Gasteiger partial charge is 1.00 e. The number of thioether (sulfide) groups is 3. The maximum Gasteiger partial charge on any atom is 1.00 e. The second kappa shape index (κ2) is 12.1. The number of aromatic nitrogens is 4. The maximum atomic E-state index is 13.0. The third kappa shape index (κ3) is 5.72. The molecule has 1 fully saturated rings. The van der Waals surface area contributed by atoms with Crippen molar-refractivity contribution in [2.24, 2.45) is 12.8 Å². The molecule has 0 saturated carbocycles. The van der Waals surface area contributed by atoms with Gasteiger partial charge in [-0.05, 0) is 16.0 Å². The normalized spacial score (nSPS) is 22.4. The van der Waals surface area contributed by atoms with Gasteiger partial charge in [0.05, 0.1) is 17.4 Å². The molecule has 0 bridgehead atoms. The number of ether oxygens (including phenoxy) is 1. The molecule has 2 aliphatic heterocycles. The Morgan fingerprint density at radius 1 is 1.47 bits per heavy atom. The van der Waals surface area contributed by atoms with Crippen LogP contribution < -0.4 is 45.7 Å². The Kier molecular flexibility index (Phi) is 10.3. The van der Waals surface area contributed by atoms with Crippen LogP contribution in [0.3, 0.4) is 0 Å². The van der Waals surface area contributed by atoms with Crippen LogP contribution in [0.4, 0.5) is 0 Å². The van der Waals surface area contributed by atoms with Crippen molar-refractivity contribution in [1.82, 2.24) is 30.4 Å². The van der Waals surface area contributed by atoms with Gasteiger partial charge in [-0.3, -0.25) is 19.3 Å². The summed E-state index contributed by atoms with van der Waals surface area (Å²) < 4.78 is 6.78. The van der Waals surface area contributed by atoms with Crippen molar-refractivity contribution in [1.29, 1.82) is 0 Å². The average molecular weight is 542 g/mol. The number of carbonyl (C=O) groups excluding carboxylic acids is 3. The van der Waals surface area contributed by atoms with E-state index >= 15 is 0 Å². The molecule has 180 valence electrons. The molecule has 1 aromatic heterocycles. The molecule has 18 heteroatoms. The number of tetrazole rings is 1. The fourth-order valence-electron chi connectivity index (χ4n) is 3.13. The van der Waals surface area contributed by atoms with Crippen LogP contribution in [0.25, 0.3) is 0 Å². The zero-order valence-electron chi connectivity index (χ0n) is 18.4. The van der Waals surface area contributed by atoms with E-state index in [2.05, 4.69) is 20.8 Å². The molecule has 1 aromatic rings. The summed E-state index contributed by atoms with van der Waals surface area (Å²) in [6, 6.07) is -1.13. The number of hydrogen-bond acceptors (Lipinski definition) is 13. The number of aryl methyl sites for hydroxylation is 1. The number of nitrogens with one attached hydrogen (secondary N) is 1. The average Bonchev–Trinajstić information content (AvgIpc) is 3.19. The van der Waals surface area contributed by atoms with Gasteiger partial charge in [-0.1, -0.05) is 11.8 Å². The summed E-state index contributed by atoms with van der Waals surface area (Å²) in [5, 5.41) is 33.9. The van der Waals surface area contributed by atoms with Crippen molar-refractivity contribution in [2.45, 2.75) is 22.3 Å². The zero-order chi connectivity index (χ0) is 24.3. The van der Waals surface area contributed by atoms with Crippen LogP contribution in [0.1, 0.15) is 0 Å². The van der Waals surface area contributed by atoms with Crippen LogP contribution in [0.5, 0.6) is 0 Å². The van der Waals surface area contributed by atoms with Crippen molar-refractivity contribution in [3.63, 3.8) is 0 Å². The minimum absolute atomic E-state index is 0. The molecule has 14 nitrogen and oxygen atoms in total. The molecular weight excluding hydrogens is 521 g/mol. The Bertz CT molecular complexity index is 1010. The fraction of sp³-hybridized carbons (Fsp3) is 0.562. The Labute approximate surface area is 228 Å². The number of nitrogens with zero attached hydrogens (tertiary/aromatic N) is 5. The quantitative estimate of drug-likeness (QED) is 0.103. The van der Waals surface area contributed by atoms with Crippen molar-refractivity contribution < 1.29 is 63.7 Å². The zero-order valence-corrected chi connectivity index (χ0v) is 22.9. The Morgan fingerprint density at radius 3 is 2.74 bits per heavy atom. The molecule has 2 amide bonds. The molecule has 3 heterocycles. The number of rotatable bonds is 11. The molecule has 1 saturated heterocycles. The van der Waals surface area contributed by atoms with E-state index in [1.807, 2.05) is 0 Å². The molecule has 34 heavy (non-hydrogen) atoms. The molecule has 3 rings (SSSR count). The van der Waals surface area contributed by atoms with Crippen LogP contribution >= 0.6 is 35.3 Å². The first-order chi connectivity index (χ1) is 15.6. The number of amides is 2. The molecule has 0 aromatic carbocycles. The van der Waals surface area contributed by atoms with E-state index in [0.29, 0.717) is 10.7 Å². The minimum atomic E-state index is -1.75. The van der Waals surface area contributed by atoms with Gasteiger partial charge in [0.15, 0.2) is 0 Å². The van der Waals surface area contributed by atoms with E-state index in [1.165, 1.54) is 35.3 Å². The van der Waals surface area contributed by atoms with Gasteiger partial charge in [0, 0.05) is 31.4 Å². The molecule has 3 atom stereocenters. The van der Waals surface area contributed by atoms with Gasteiger partial charge in [0.1, 0.15) is 11.4 Å². The van der Waals surface area contributed by atoms with E-state index in [4.69, 9.17) is 15.6 Å². The first kappa shape index (κ1) is 28.9.